The van der Waals surface area contributed by atoms with Gasteiger partial charge in [0.1, 0.15) is 0 Å². The van der Waals surface area contributed by atoms with Gasteiger partial charge in [0.2, 0.25) is 5.91 Å². The summed E-state index contributed by atoms with van der Waals surface area (Å²) >= 11 is 1.24. The van der Waals surface area contributed by atoms with Gasteiger partial charge in [-0.15, -0.1) is 0 Å². The molecule has 1 amide bonds. The fourth-order valence-corrected chi connectivity index (χ4v) is 3.44. The van der Waals surface area contributed by atoms with Crippen molar-refractivity contribution in [3.8, 4) is 5.69 Å². The molecule has 0 saturated carbocycles. The van der Waals surface area contributed by atoms with Gasteiger partial charge < -0.3 is 4.90 Å². The third kappa shape index (κ3) is 2.85. The van der Waals surface area contributed by atoms with Crippen LogP contribution in [0.1, 0.15) is 13.3 Å². The maximum Gasteiger partial charge on any atom is 0.228 e. The van der Waals surface area contributed by atoms with Crippen molar-refractivity contribution in [1.29, 1.82) is 0 Å². The minimum absolute atomic E-state index is 0.0284. The Bertz CT molecular complexity index is 669. The molecule has 0 N–H and O–H groups in total. The van der Waals surface area contributed by atoms with Crippen molar-refractivity contribution in [3.63, 3.8) is 0 Å². The van der Waals surface area contributed by atoms with Crippen molar-refractivity contribution in [1.82, 2.24) is 9.78 Å². The largest absolute Gasteiger partial charge is 0.309 e. The highest BCUT2D eigenvalue weighted by molar-refractivity contribution is 8.14. The lowest BCUT2D eigenvalue weighted by molar-refractivity contribution is -0.117. The second kappa shape index (κ2) is 5.73. The zero-order valence-corrected chi connectivity index (χ0v) is 12.4. The van der Waals surface area contributed by atoms with Gasteiger partial charge in [-0.25, -0.2) is 4.68 Å². The summed E-state index contributed by atoms with van der Waals surface area (Å²) in [4.78, 5) is 25.2. The van der Waals surface area contributed by atoms with Crippen molar-refractivity contribution >= 4 is 28.5 Å². The van der Waals surface area contributed by atoms with Gasteiger partial charge in [-0.1, -0.05) is 23.9 Å². The van der Waals surface area contributed by atoms with Crippen LogP contribution in [0.3, 0.4) is 0 Å². The number of hydrogen-bond donors (Lipinski definition) is 0. The summed E-state index contributed by atoms with van der Waals surface area (Å²) in [5.74, 6) is 0.0494. The molecule has 3 rings (SSSR count). The highest BCUT2D eigenvalue weighted by Gasteiger charge is 2.33. The van der Waals surface area contributed by atoms with E-state index < -0.39 is 0 Å². The van der Waals surface area contributed by atoms with Crippen LogP contribution in [0.25, 0.3) is 5.69 Å². The third-order valence-corrected chi connectivity index (χ3v) is 4.33. The molecule has 1 atom stereocenters. The molecular formula is C15H15N3O2S. The Morgan fingerprint density at radius 3 is 2.71 bits per heavy atom. The Kier molecular flexibility index (Phi) is 3.79. The zero-order valence-electron chi connectivity index (χ0n) is 11.6. The monoisotopic (exact) mass is 301 g/mol. The van der Waals surface area contributed by atoms with Crippen LogP contribution in [0.15, 0.2) is 42.7 Å². The maximum absolute atomic E-state index is 12.3. The van der Waals surface area contributed by atoms with Gasteiger partial charge in [0.25, 0.3) is 0 Å². The standard InChI is InChI=1S/C15H15N3O2S/c1-11(19)21-12-9-15(20)17(10-12)13-5-2-3-6-14(13)18-8-4-7-16-18/h2-8,12H,9-10H2,1H3. The van der Waals surface area contributed by atoms with E-state index in [-0.39, 0.29) is 16.3 Å². The highest BCUT2D eigenvalue weighted by Crippen LogP contribution is 2.32. The summed E-state index contributed by atoms with van der Waals surface area (Å²) in [6.45, 7) is 2.09. The van der Waals surface area contributed by atoms with Crippen LogP contribution in [-0.4, -0.2) is 32.6 Å². The molecule has 1 aliphatic heterocycles. The normalized spacial score (nSPS) is 18.2. The number of para-hydroxylation sites is 2. The van der Waals surface area contributed by atoms with E-state index in [1.807, 2.05) is 36.5 Å². The topological polar surface area (TPSA) is 55.2 Å². The average molecular weight is 301 g/mol. The van der Waals surface area contributed by atoms with E-state index in [4.69, 9.17) is 0 Å². The molecule has 1 aromatic heterocycles. The zero-order chi connectivity index (χ0) is 14.8. The Morgan fingerprint density at radius 2 is 2.05 bits per heavy atom. The van der Waals surface area contributed by atoms with Crippen LogP contribution in [0.5, 0.6) is 0 Å². The molecule has 108 valence electrons. The van der Waals surface area contributed by atoms with Crippen molar-refractivity contribution < 1.29 is 9.59 Å². The Balaban J connectivity index is 1.91. The molecule has 1 saturated heterocycles. The predicted octanol–water partition coefficient (Wildman–Crippen LogP) is 2.26. The quantitative estimate of drug-likeness (QED) is 0.872. The fraction of sp³-hybridized carbons (Fsp3) is 0.267. The van der Waals surface area contributed by atoms with Gasteiger partial charge in [-0.05, 0) is 18.2 Å². The summed E-state index contributed by atoms with van der Waals surface area (Å²) in [5.41, 5.74) is 1.70. The van der Waals surface area contributed by atoms with Gasteiger partial charge in [0.05, 0.1) is 11.4 Å². The molecular weight excluding hydrogens is 286 g/mol. The number of aromatic nitrogens is 2. The summed E-state index contributed by atoms with van der Waals surface area (Å²) in [5, 5.41) is 4.31. The first-order valence-electron chi connectivity index (χ1n) is 6.72. The van der Waals surface area contributed by atoms with Crippen LogP contribution in [0.2, 0.25) is 0 Å². The molecule has 2 heterocycles. The molecule has 0 aliphatic carbocycles. The van der Waals surface area contributed by atoms with Gasteiger partial charge in [-0.3, -0.25) is 9.59 Å². The van der Waals surface area contributed by atoms with Gasteiger partial charge in [0.15, 0.2) is 5.12 Å². The van der Waals surface area contributed by atoms with Crippen LogP contribution >= 0.6 is 11.8 Å². The highest BCUT2D eigenvalue weighted by atomic mass is 32.2. The number of hydrogen-bond acceptors (Lipinski definition) is 4. The number of benzene rings is 1. The summed E-state index contributed by atoms with van der Waals surface area (Å²) < 4.78 is 1.74. The first kappa shape index (κ1) is 13.9. The number of rotatable bonds is 3. The van der Waals surface area contributed by atoms with Gasteiger partial charge >= 0.3 is 0 Å². The minimum Gasteiger partial charge on any atom is -0.309 e. The predicted molar refractivity (Wildman–Crippen MR) is 82.6 cm³/mol. The van der Waals surface area contributed by atoms with E-state index in [9.17, 15) is 9.59 Å². The molecule has 5 nitrogen and oxygen atoms in total. The Morgan fingerprint density at radius 1 is 1.29 bits per heavy atom. The Hall–Kier alpha value is -2.08. The molecule has 1 unspecified atom stereocenters. The third-order valence-electron chi connectivity index (χ3n) is 3.35. The molecule has 21 heavy (non-hydrogen) atoms. The first-order valence-corrected chi connectivity index (χ1v) is 7.60. The molecule has 6 heteroatoms. The molecule has 2 aromatic rings. The summed E-state index contributed by atoms with van der Waals surface area (Å²) in [6, 6.07) is 9.51. The smallest absolute Gasteiger partial charge is 0.228 e. The summed E-state index contributed by atoms with van der Waals surface area (Å²) in [6.07, 6.45) is 3.95. The van der Waals surface area contributed by atoms with E-state index in [0.29, 0.717) is 13.0 Å². The van der Waals surface area contributed by atoms with Crippen molar-refractivity contribution in [2.75, 3.05) is 11.4 Å². The fourth-order valence-electron chi connectivity index (χ4n) is 2.52. The SMILES string of the molecule is CC(=O)SC1CC(=O)N(c2ccccc2-n2cccn2)C1. The Labute approximate surface area is 126 Å². The molecule has 0 spiro atoms. The second-order valence-corrected chi connectivity index (χ2v) is 6.36. The number of anilines is 1. The van der Waals surface area contributed by atoms with E-state index in [2.05, 4.69) is 5.10 Å². The van der Waals surface area contributed by atoms with Gasteiger partial charge in [-0.2, -0.15) is 5.10 Å². The maximum atomic E-state index is 12.3. The van der Waals surface area contributed by atoms with E-state index in [1.165, 1.54) is 18.7 Å². The van der Waals surface area contributed by atoms with E-state index >= 15 is 0 Å². The molecule has 1 aliphatic rings. The first-order chi connectivity index (χ1) is 10.1. The number of thioether (sulfide) groups is 1. The van der Waals surface area contributed by atoms with Crippen molar-refractivity contribution in [3.05, 3.63) is 42.7 Å². The van der Waals surface area contributed by atoms with Crippen molar-refractivity contribution in [2.24, 2.45) is 0 Å². The molecule has 1 aromatic carbocycles. The number of amides is 1. The summed E-state index contributed by atoms with van der Waals surface area (Å²) in [7, 11) is 0. The molecule has 0 radical (unpaired) electrons. The van der Waals surface area contributed by atoms with Gasteiger partial charge in [0, 0.05) is 37.5 Å². The molecule has 0 bridgehead atoms. The van der Waals surface area contributed by atoms with Crippen molar-refractivity contribution in [2.45, 2.75) is 18.6 Å². The van der Waals surface area contributed by atoms with E-state index in [0.717, 1.165) is 11.4 Å². The van der Waals surface area contributed by atoms with Crippen LogP contribution in [0.4, 0.5) is 5.69 Å². The lowest BCUT2D eigenvalue weighted by Crippen LogP contribution is -2.26. The number of carbonyl (C=O) groups excluding carboxylic acids is 2. The lowest BCUT2D eigenvalue weighted by atomic mass is 10.2. The van der Waals surface area contributed by atoms with Crippen LogP contribution in [0, 0.1) is 0 Å². The number of nitrogens with zero attached hydrogens (tertiary/aromatic N) is 3. The van der Waals surface area contributed by atoms with Crippen LogP contribution < -0.4 is 4.90 Å². The molecule has 1 fully saturated rings. The second-order valence-electron chi connectivity index (χ2n) is 4.88. The van der Waals surface area contributed by atoms with E-state index in [1.54, 1.807) is 15.8 Å². The average Bonchev–Trinajstić information content (AvgIpc) is 3.08. The lowest BCUT2D eigenvalue weighted by Gasteiger charge is -2.20. The number of carbonyl (C=O) groups is 2. The van der Waals surface area contributed by atoms with Crippen LogP contribution in [-0.2, 0) is 9.59 Å². The minimum atomic E-state index is 0.0284.